The van der Waals surface area contributed by atoms with E-state index >= 15 is 0 Å². The number of hydrogen-bond acceptors (Lipinski definition) is 4. The molecule has 0 amide bonds. The van der Waals surface area contributed by atoms with Gasteiger partial charge in [0.2, 0.25) is 0 Å². The molecule has 38 heavy (non-hydrogen) atoms. The normalized spacial score (nSPS) is 30.3. The van der Waals surface area contributed by atoms with Gasteiger partial charge in [0.15, 0.2) is 0 Å². The Balaban J connectivity index is 1.36. The van der Waals surface area contributed by atoms with Crippen molar-refractivity contribution >= 4 is 16.3 Å². The quantitative estimate of drug-likeness (QED) is 0.438. The number of alkyl halides is 6. The number of fused-ring (bicyclic) bond motifs is 1. The third kappa shape index (κ3) is 5.14. The molecular formula is C25H28F6N4O2S. The summed E-state index contributed by atoms with van der Waals surface area (Å²) < 4.78 is 107. The molecule has 5 rings (SSSR count). The molecule has 4 aliphatic rings. The second kappa shape index (κ2) is 9.41. The Morgan fingerprint density at radius 2 is 1.68 bits per heavy atom. The van der Waals surface area contributed by atoms with Crippen LogP contribution in [0.2, 0.25) is 0 Å². The highest BCUT2D eigenvalue weighted by Crippen LogP contribution is 2.50. The molecule has 0 unspecified atom stereocenters. The number of nitrogens with zero attached hydrogens (tertiary/aromatic N) is 3. The zero-order valence-electron chi connectivity index (χ0n) is 20.4. The van der Waals surface area contributed by atoms with E-state index in [0.717, 1.165) is 11.1 Å². The number of likely N-dealkylation sites (tertiary alicyclic amines) is 1. The molecule has 0 radical (unpaired) electrons. The molecule has 2 heterocycles. The standard InChI is InChI=1S/C25H28F6N4O2S/c26-24(27,28)15-35-14-23(33-38(35,36)37)20-3-4-21(23)12-18-9-16(1-2-17(18)11-20)10-22(13-32)34-7-5-19(6-8-34)25(29,30)31/h1-2,9-10,19-21,33H,3-8,11-12,14-15H2/b22-10+/t20-,21+,23-/m0/s1. The van der Waals surface area contributed by atoms with Crippen molar-refractivity contribution < 1.29 is 34.8 Å². The van der Waals surface area contributed by atoms with Crippen LogP contribution in [-0.2, 0) is 23.1 Å². The van der Waals surface area contributed by atoms with E-state index in [2.05, 4.69) is 10.8 Å². The lowest BCUT2D eigenvalue weighted by Gasteiger charge is -2.33. The van der Waals surface area contributed by atoms with E-state index in [-0.39, 0.29) is 50.0 Å². The molecule has 3 atom stereocenters. The fourth-order valence-electron chi connectivity index (χ4n) is 6.75. The molecule has 1 aromatic rings. The fraction of sp³-hybridized carbons (Fsp3) is 0.640. The molecule has 2 aliphatic heterocycles. The van der Waals surface area contributed by atoms with E-state index in [1.807, 2.05) is 18.2 Å². The van der Waals surface area contributed by atoms with Gasteiger partial charge in [0.05, 0.1) is 11.5 Å². The van der Waals surface area contributed by atoms with Gasteiger partial charge in [-0.1, -0.05) is 18.2 Å². The molecule has 2 saturated heterocycles. The van der Waals surface area contributed by atoms with Crippen LogP contribution in [0.25, 0.3) is 6.08 Å². The van der Waals surface area contributed by atoms with Crippen molar-refractivity contribution in [2.75, 3.05) is 26.2 Å². The van der Waals surface area contributed by atoms with Gasteiger partial charge >= 0.3 is 12.4 Å². The second-order valence-electron chi connectivity index (χ2n) is 10.9. The zero-order chi connectivity index (χ0) is 27.5. The molecular weight excluding hydrogens is 534 g/mol. The van der Waals surface area contributed by atoms with E-state index in [1.54, 1.807) is 11.0 Å². The van der Waals surface area contributed by atoms with E-state index in [4.69, 9.17) is 0 Å². The monoisotopic (exact) mass is 562 g/mol. The summed E-state index contributed by atoms with van der Waals surface area (Å²) in [6, 6.07) is 7.72. The number of nitrogens with one attached hydrogen (secondary N) is 1. The minimum Gasteiger partial charge on any atom is -0.363 e. The predicted molar refractivity (Wildman–Crippen MR) is 126 cm³/mol. The Labute approximate surface area is 217 Å². The van der Waals surface area contributed by atoms with Gasteiger partial charge in [0, 0.05) is 19.6 Å². The number of rotatable bonds is 3. The largest absolute Gasteiger partial charge is 0.402 e. The minimum absolute atomic E-state index is 0.0703. The van der Waals surface area contributed by atoms with Gasteiger partial charge in [0.25, 0.3) is 10.2 Å². The van der Waals surface area contributed by atoms with Crippen LogP contribution in [0.3, 0.4) is 0 Å². The van der Waals surface area contributed by atoms with Crippen LogP contribution in [-0.4, -0.2) is 61.7 Å². The SMILES string of the molecule is N#C/C(=C\c1ccc2c(c1)C[C@H]1CC[C@@H](C2)[C@@]12CN(CC(F)(F)F)S(=O)(=O)N2)N1CCC(C(F)(F)F)CC1. The highest BCUT2D eigenvalue weighted by molar-refractivity contribution is 7.87. The smallest absolute Gasteiger partial charge is 0.363 e. The van der Waals surface area contributed by atoms with Gasteiger partial charge in [0.1, 0.15) is 18.3 Å². The van der Waals surface area contributed by atoms with Gasteiger partial charge in [-0.05, 0) is 73.1 Å². The first kappa shape index (κ1) is 27.3. The highest BCUT2D eigenvalue weighted by atomic mass is 32.2. The number of halogens is 6. The maximum absolute atomic E-state index is 13.1. The third-order valence-corrected chi connectivity index (χ3v) is 10.2. The molecule has 2 aliphatic carbocycles. The molecule has 1 saturated carbocycles. The van der Waals surface area contributed by atoms with Crippen molar-refractivity contribution in [2.45, 2.75) is 56.4 Å². The average molecular weight is 563 g/mol. The van der Waals surface area contributed by atoms with Gasteiger partial charge in [-0.3, -0.25) is 0 Å². The van der Waals surface area contributed by atoms with E-state index < -0.39 is 40.6 Å². The molecule has 6 nitrogen and oxygen atoms in total. The van der Waals surface area contributed by atoms with Crippen molar-refractivity contribution in [3.05, 3.63) is 40.6 Å². The molecule has 13 heteroatoms. The van der Waals surface area contributed by atoms with Gasteiger partial charge in [-0.2, -0.15) is 49.0 Å². The van der Waals surface area contributed by atoms with Crippen LogP contribution in [0.1, 0.15) is 42.4 Å². The lowest BCUT2D eigenvalue weighted by Crippen LogP contribution is -2.52. The molecule has 1 spiro atoms. The second-order valence-corrected chi connectivity index (χ2v) is 12.6. The van der Waals surface area contributed by atoms with E-state index in [0.29, 0.717) is 35.6 Å². The predicted octanol–water partition coefficient (Wildman–Crippen LogP) is 4.40. The summed E-state index contributed by atoms with van der Waals surface area (Å²) in [6.07, 6.45) is -4.98. The Hall–Kier alpha value is -2.30. The summed E-state index contributed by atoms with van der Waals surface area (Å²) in [6.45, 7) is -1.48. The molecule has 3 fully saturated rings. The Bertz CT molecular complexity index is 1260. The van der Waals surface area contributed by atoms with E-state index in [1.165, 1.54) is 0 Å². The fourth-order valence-corrected chi connectivity index (χ4v) is 8.46. The molecule has 0 aromatic heterocycles. The molecule has 1 N–H and O–H groups in total. The highest BCUT2D eigenvalue weighted by Gasteiger charge is 2.60. The number of benzene rings is 1. The van der Waals surface area contributed by atoms with Crippen molar-refractivity contribution in [3.63, 3.8) is 0 Å². The van der Waals surface area contributed by atoms with Crippen LogP contribution in [0, 0.1) is 29.1 Å². The van der Waals surface area contributed by atoms with Crippen molar-refractivity contribution in [1.29, 1.82) is 5.26 Å². The molecule has 208 valence electrons. The van der Waals surface area contributed by atoms with Crippen LogP contribution in [0.15, 0.2) is 23.9 Å². The van der Waals surface area contributed by atoms with Crippen molar-refractivity contribution in [3.8, 4) is 6.07 Å². The first-order valence-electron chi connectivity index (χ1n) is 12.6. The van der Waals surface area contributed by atoms with Crippen LogP contribution in [0.4, 0.5) is 26.3 Å². The minimum atomic E-state index is -4.64. The Morgan fingerprint density at radius 1 is 1.05 bits per heavy atom. The summed E-state index contributed by atoms with van der Waals surface area (Å²) >= 11 is 0. The van der Waals surface area contributed by atoms with Gasteiger partial charge < -0.3 is 4.90 Å². The topological polar surface area (TPSA) is 76.4 Å². The summed E-state index contributed by atoms with van der Waals surface area (Å²) in [5.74, 6) is -1.69. The molecule has 2 bridgehead atoms. The first-order valence-corrected chi connectivity index (χ1v) is 14.1. The lowest BCUT2D eigenvalue weighted by molar-refractivity contribution is -0.183. The maximum atomic E-state index is 13.1. The van der Waals surface area contributed by atoms with Crippen LogP contribution >= 0.6 is 0 Å². The summed E-state index contributed by atoms with van der Waals surface area (Å²) in [4.78, 5) is 1.66. The lowest BCUT2D eigenvalue weighted by atomic mass is 9.79. The van der Waals surface area contributed by atoms with Crippen molar-refractivity contribution in [2.24, 2.45) is 17.8 Å². The number of allylic oxidation sites excluding steroid dienone is 1. The number of piperidine rings is 1. The average Bonchev–Trinajstić information content (AvgIpc) is 3.20. The van der Waals surface area contributed by atoms with Crippen molar-refractivity contribution in [1.82, 2.24) is 13.9 Å². The maximum Gasteiger partial charge on any atom is 0.402 e. The van der Waals surface area contributed by atoms with Gasteiger partial charge in [-0.15, -0.1) is 0 Å². The Morgan fingerprint density at radius 3 is 2.26 bits per heavy atom. The first-order chi connectivity index (χ1) is 17.7. The summed E-state index contributed by atoms with van der Waals surface area (Å²) in [7, 11) is -4.27. The number of hydrogen-bond donors (Lipinski definition) is 1. The zero-order valence-corrected chi connectivity index (χ0v) is 21.3. The molecule has 1 aromatic carbocycles. The van der Waals surface area contributed by atoms with Crippen LogP contribution in [0.5, 0.6) is 0 Å². The summed E-state index contributed by atoms with van der Waals surface area (Å²) in [5, 5.41) is 9.70. The Kier molecular flexibility index (Phi) is 6.76. The van der Waals surface area contributed by atoms with E-state index in [9.17, 15) is 40.0 Å². The summed E-state index contributed by atoms with van der Waals surface area (Å²) in [5.41, 5.74) is 1.96. The van der Waals surface area contributed by atoms with Crippen LogP contribution < -0.4 is 4.72 Å². The third-order valence-electron chi connectivity index (χ3n) is 8.65. The number of nitriles is 1. The van der Waals surface area contributed by atoms with Gasteiger partial charge in [-0.25, -0.2) is 0 Å².